The molecule has 0 aliphatic carbocycles. The lowest BCUT2D eigenvalue weighted by atomic mass is 9.92. The van der Waals surface area contributed by atoms with Gasteiger partial charge in [0, 0.05) is 6.04 Å². The van der Waals surface area contributed by atoms with Crippen molar-refractivity contribution >= 4 is 0 Å². The van der Waals surface area contributed by atoms with E-state index in [1.807, 2.05) is 0 Å². The summed E-state index contributed by atoms with van der Waals surface area (Å²) in [5.74, 6) is 0.872. The number of hydrogen-bond donors (Lipinski definition) is 1. The molecule has 0 spiro atoms. The monoisotopic (exact) mass is 170 g/mol. The molecule has 1 heterocycles. The minimum Gasteiger partial charge on any atom is -0.330 e. The van der Waals surface area contributed by atoms with Gasteiger partial charge in [0.1, 0.15) is 0 Å². The van der Waals surface area contributed by atoms with Gasteiger partial charge >= 0.3 is 0 Å². The van der Waals surface area contributed by atoms with E-state index in [0.29, 0.717) is 0 Å². The predicted molar refractivity (Wildman–Crippen MR) is 53.1 cm³/mol. The molecule has 0 saturated carbocycles. The van der Waals surface area contributed by atoms with E-state index >= 15 is 0 Å². The Bertz CT molecular complexity index is 125. The molecule has 0 aromatic rings. The quantitative estimate of drug-likeness (QED) is 0.694. The molecule has 0 radical (unpaired) electrons. The lowest BCUT2D eigenvalue weighted by Gasteiger charge is -2.37. The fourth-order valence-electron chi connectivity index (χ4n) is 2.03. The number of rotatable bonds is 3. The maximum atomic E-state index is 5.50. The summed E-state index contributed by atoms with van der Waals surface area (Å²) in [6.07, 6.45) is 3.92. The SMILES string of the molecule is CC1CCCN(CCCN)C1C. The molecule has 2 atom stereocenters. The van der Waals surface area contributed by atoms with Crippen molar-refractivity contribution in [2.75, 3.05) is 19.6 Å². The van der Waals surface area contributed by atoms with Crippen LogP contribution in [0.25, 0.3) is 0 Å². The van der Waals surface area contributed by atoms with E-state index < -0.39 is 0 Å². The summed E-state index contributed by atoms with van der Waals surface area (Å²) < 4.78 is 0. The van der Waals surface area contributed by atoms with Crippen molar-refractivity contribution in [1.82, 2.24) is 4.90 Å². The van der Waals surface area contributed by atoms with Crippen molar-refractivity contribution in [3.8, 4) is 0 Å². The molecule has 2 N–H and O–H groups in total. The molecule has 72 valence electrons. The van der Waals surface area contributed by atoms with Crippen LogP contribution in [0.15, 0.2) is 0 Å². The summed E-state index contributed by atoms with van der Waals surface area (Å²) in [6, 6.07) is 0.769. The van der Waals surface area contributed by atoms with E-state index in [1.165, 1.54) is 25.9 Å². The fourth-order valence-corrected chi connectivity index (χ4v) is 2.03. The normalized spacial score (nSPS) is 32.2. The first-order valence-corrected chi connectivity index (χ1v) is 5.20. The second-order valence-electron chi connectivity index (χ2n) is 4.04. The predicted octanol–water partition coefficient (Wildman–Crippen LogP) is 1.46. The summed E-state index contributed by atoms with van der Waals surface area (Å²) in [7, 11) is 0. The van der Waals surface area contributed by atoms with Gasteiger partial charge in [0.15, 0.2) is 0 Å². The first kappa shape index (κ1) is 10.0. The Morgan fingerprint density at radius 3 is 2.83 bits per heavy atom. The Labute approximate surface area is 76.1 Å². The molecular weight excluding hydrogens is 148 g/mol. The van der Waals surface area contributed by atoms with Gasteiger partial charge in [0.05, 0.1) is 0 Å². The zero-order valence-electron chi connectivity index (χ0n) is 8.42. The topological polar surface area (TPSA) is 29.3 Å². The molecule has 0 aromatic heterocycles. The van der Waals surface area contributed by atoms with E-state index in [1.54, 1.807) is 0 Å². The van der Waals surface area contributed by atoms with Crippen molar-refractivity contribution in [3.63, 3.8) is 0 Å². The van der Waals surface area contributed by atoms with Crippen LogP contribution in [-0.4, -0.2) is 30.6 Å². The lowest BCUT2D eigenvalue weighted by molar-refractivity contribution is 0.113. The zero-order valence-corrected chi connectivity index (χ0v) is 8.42. The van der Waals surface area contributed by atoms with Gasteiger partial charge in [0.25, 0.3) is 0 Å². The first-order valence-electron chi connectivity index (χ1n) is 5.20. The van der Waals surface area contributed by atoms with Crippen LogP contribution >= 0.6 is 0 Å². The van der Waals surface area contributed by atoms with Gasteiger partial charge in [-0.15, -0.1) is 0 Å². The lowest BCUT2D eigenvalue weighted by Crippen LogP contribution is -2.43. The molecule has 12 heavy (non-hydrogen) atoms. The fraction of sp³-hybridized carbons (Fsp3) is 1.00. The van der Waals surface area contributed by atoms with E-state index in [2.05, 4.69) is 18.7 Å². The Balaban J connectivity index is 2.30. The minimum atomic E-state index is 0.769. The molecular formula is C10H22N2. The average Bonchev–Trinajstić information content (AvgIpc) is 2.08. The van der Waals surface area contributed by atoms with Crippen molar-refractivity contribution in [1.29, 1.82) is 0 Å². The van der Waals surface area contributed by atoms with Crippen LogP contribution in [-0.2, 0) is 0 Å². The van der Waals surface area contributed by atoms with Crippen LogP contribution in [0.4, 0.5) is 0 Å². The van der Waals surface area contributed by atoms with Crippen molar-refractivity contribution in [3.05, 3.63) is 0 Å². The Hall–Kier alpha value is -0.0800. The average molecular weight is 170 g/mol. The smallest absolute Gasteiger partial charge is 0.00925 e. The highest BCUT2D eigenvalue weighted by molar-refractivity contribution is 4.78. The number of piperidine rings is 1. The van der Waals surface area contributed by atoms with Gasteiger partial charge in [-0.1, -0.05) is 6.92 Å². The van der Waals surface area contributed by atoms with Crippen molar-refractivity contribution in [2.24, 2.45) is 11.7 Å². The molecule has 0 bridgehead atoms. The second kappa shape index (κ2) is 4.83. The Kier molecular flexibility index (Phi) is 4.02. The van der Waals surface area contributed by atoms with Gasteiger partial charge in [-0.3, -0.25) is 0 Å². The summed E-state index contributed by atoms with van der Waals surface area (Å²) in [5.41, 5.74) is 5.50. The van der Waals surface area contributed by atoms with Gasteiger partial charge in [-0.25, -0.2) is 0 Å². The third kappa shape index (κ3) is 2.46. The maximum absolute atomic E-state index is 5.50. The van der Waals surface area contributed by atoms with E-state index in [0.717, 1.165) is 24.9 Å². The van der Waals surface area contributed by atoms with E-state index in [9.17, 15) is 0 Å². The van der Waals surface area contributed by atoms with Crippen LogP contribution < -0.4 is 5.73 Å². The van der Waals surface area contributed by atoms with Gasteiger partial charge < -0.3 is 10.6 Å². The van der Waals surface area contributed by atoms with Crippen LogP contribution in [0.3, 0.4) is 0 Å². The molecule has 1 aliphatic heterocycles. The molecule has 0 amide bonds. The number of nitrogens with two attached hydrogens (primary N) is 1. The van der Waals surface area contributed by atoms with Crippen LogP contribution in [0.2, 0.25) is 0 Å². The maximum Gasteiger partial charge on any atom is 0.00925 e. The largest absolute Gasteiger partial charge is 0.330 e. The Morgan fingerprint density at radius 2 is 2.17 bits per heavy atom. The molecule has 1 aliphatic rings. The summed E-state index contributed by atoms with van der Waals surface area (Å²) in [4.78, 5) is 2.58. The van der Waals surface area contributed by atoms with Crippen LogP contribution in [0.5, 0.6) is 0 Å². The van der Waals surface area contributed by atoms with Gasteiger partial charge in [0.2, 0.25) is 0 Å². The van der Waals surface area contributed by atoms with Gasteiger partial charge in [-0.05, 0) is 51.7 Å². The van der Waals surface area contributed by atoms with Crippen molar-refractivity contribution < 1.29 is 0 Å². The Morgan fingerprint density at radius 1 is 1.42 bits per heavy atom. The molecule has 2 heteroatoms. The first-order chi connectivity index (χ1) is 5.75. The van der Waals surface area contributed by atoms with Crippen molar-refractivity contribution in [2.45, 2.75) is 39.2 Å². The van der Waals surface area contributed by atoms with Crippen LogP contribution in [0.1, 0.15) is 33.1 Å². The summed E-state index contributed by atoms with van der Waals surface area (Å²) in [6.45, 7) is 8.02. The summed E-state index contributed by atoms with van der Waals surface area (Å²) >= 11 is 0. The highest BCUT2D eigenvalue weighted by Gasteiger charge is 2.23. The second-order valence-corrected chi connectivity index (χ2v) is 4.04. The molecule has 1 saturated heterocycles. The molecule has 2 unspecified atom stereocenters. The number of likely N-dealkylation sites (tertiary alicyclic amines) is 1. The number of hydrogen-bond acceptors (Lipinski definition) is 2. The van der Waals surface area contributed by atoms with E-state index in [4.69, 9.17) is 5.73 Å². The third-order valence-electron chi connectivity index (χ3n) is 3.15. The minimum absolute atomic E-state index is 0.769. The van der Waals surface area contributed by atoms with Gasteiger partial charge in [-0.2, -0.15) is 0 Å². The third-order valence-corrected chi connectivity index (χ3v) is 3.15. The van der Waals surface area contributed by atoms with E-state index in [-0.39, 0.29) is 0 Å². The molecule has 1 rings (SSSR count). The number of nitrogens with zero attached hydrogens (tertiary/aromatic N) is 1. The standard InChI is InChI=1S/C10H22N2/c1-9-5-3-7-12(10(9)2)8-4-6-11/h9-10H,3-8,11H2,1-2H3. The summed E-state index contributed by atoms with van der Waals surface area (Å²) in [5, 5.41) is 0. The molecule has 0 aromatic carbocycles. The molecule has 2 nitrogen and oxygen atoms in total. The highest BCUT2D eigenvalue weighted by atomic mass is 15.2. The highest BCUT2D eigenvalue weighted by Crippen LogP contribution is 2.22. The van der Waals surface area contributed by atoms with Crippen LogP contribution in [0, 0.1) is 5.92 Å². The molecule has 1 fully saturated rings. The zero-order chi connectivity index (χ0) is 8.97.